The quantitative estimate of drug-likeness (QED) is 0.760. The second-order valence-corrected chi connectivity index (χ2v) is 5.15. The summed E-state index contributed by atoms with van der Waals surface area (Å²) in [4.78, 5) is 32.8. The van der Waals surface area contributed by atoms with Crippen LogP contribution in [0.5, 0.6) is 0 Å². The van der Waals surface area contributed by atoms with Gasteiger partial charge in [-0.15, -0.1) is 0 Å². The molecule has 0 fully saturated rings. The van der Waals surface area contributed by atoms with E-state index in [1.54, 1.807) is 24.3 Å². The first kappa shape index (κ1) is 16.2. The number of unbranched alkanes of at least 4 members (excludes halogenated alkanes) is 2. The number of aliphatic hydroxyl groups is 1. The molecule has 1 heterocycles. The van der Waals surface area contributed by atoms with Crippen LogP contribution in [0.3, 0.4) is 0 Å². The van der Waals surface area contributed by atoms with Crippen LogP contribution in [0.4, 0.5) is 0 Å². The van der Waals surface area contributed by atoms with E-state index in [1.165, 1.54) is 4.90 Å². The smallest absolute Gasteiger partial charge is 0.289 e. The van der Waals surface area contributed by atoms with Crippen molar-refractivity contribution in [2.24, 2.45) is 0 Å². The molecule has 0 unspecified atom stereocenters. The van der Waals surface area contributed by atoms with Gasteiger partial charge >= 0.3 is 0 Å². The van der Waals surface area contributed by atoms with Crippen LogP contribution in [0.2, 0.25) is 0 Å². The Bertz CT molecular complexity index is 696. The minimum absolute atomic E-state index is 0.0219. The maximum absolute atomic E-state index is 12.5. The number of aromatic nitrogens is 2. The van der Waals surface area contributed by atoms with Gasteiger partial charge in [0, 0.05) is 13.1 Å². The van der Waals surface area contributed by atoms with E-state index in [-0.39, 0.29) is 30.4 Å². The highest BCUT2D eigenvalue weighted by Crippen LogP contribution is 2.08. The lowest BCUT2D eigenvalue weighted by Crippen LogP contribution is -2.36. The summed E-state index contributed by atoms with van der Waals surface area (Å²) in [6, 6.07) is 6.90. The number of fused-ring (bicyclic) bond motifs is 1. The fraction of sp³-hybridized carbons (Fsp3) is 0.438. The molecule has 1 aromatic heterocycles. The number of nitrogens with zero attached hydrogens (tertiary/aromatic N) is 2. The molecule has 0 aliphatic rings. The van der Waals surface area contributed by atoms with E-state index in [4.69, 9.17) is 5.11 Å². The number of aromatic amines is 1. The molecule has 0 atom stereocenters. The van der Waals surface area contributed by atoms with Crippen LogP contribution in [0.15, 0.2) is 29.1 Å². The zero-order chi connectivity index (χ0) is 15.9. The monoisotopic (exact) mass is 303 g/mol. The Hall–Kier alpha value is -2.21. The number of nitrogens with one attached hydrogen (secondary N) is 1. The predicted molar refractivity (Wildman–Crippen MR) is 84.9 cm³/mol. The van der Waals surface area contributed by atoms with E-state index >= 15 is 0 Å². The number of rotatable bonds is 7. The number of benzene rings is 1. The van der Waals surface area contributed by atoms with E-state index in [9.17, 15) is 9.59 Å². The summed E-state index contributed by atoms with van der Waals surface area (Å²) in [5, 5.41) is 9.59. The predicted octanol–water partition coefficient (Wildman–Crippen LogP) is 1.55. The zero-order valence-electron chi connectivity index (χ0n) is 12.7. The van der Waals surface area contributed by atoms with Crippen LogP contribution in [-0.2, 0) is 0 Å². The maximum atomic E-state index is 12.5. The first-order valence-corrected chi connectivity index (χ1v) is 7.56. The lowest BCUT2D eigenvalue weighted by molar-refractivity contribution is 0.0706. The SMILES string of the molecule is CCCCCN(CCO)C(=O)c1nc2ccccc2c(=O)[nH]1. The molecule has 0 bridgehead atoms. The third-order valence-corrected chi connectivity index (χ3v) is 3.50. The molecule has 2 N–H and O–H groups in total. The highest BCUT2D eigenvalue weighted by molar-refractivity contribution is 5.92. The van der Waals surface area contributed by atoms with Crippen LogP contribution in [-0.4, -0.2) is 45.6 Å². The van der Waals surface area contributed by atoms with Crippen molar-refractivity contribution in [2.45, 2.75) is 26.2 Å². The second kappa shape index (κ2) is 7.70. The molecule has 0 spiro atoms. The van der Waals surface area contributed by atoms with Gasteiger partial charge < -0.3 is 15.0 Å². The van der Waals surface area contributed by atoms with Crippen molar-refractivity contribution in [3.63, 3.8) is 0 Å². The molecular weight excluding hydrogens is 282 g/mol. The van der Waals surface area contributed by atoms with Gasteiger partial charge in [-0.2, -0.15) is 0 Å². The Labute approximate surface area is 128 Å². The van der Waals surface area contributed by atoms with E-state index in [1.807, 2.05) is 0 Å². The Morgan fingerprint density at radius 1 is 1.27 bits per heavy atom. The molecular formula is C16H21N3O3. The Balaban J connectivity index is 2.27. The number of carbonyl (C=O) groups is 1. The number of aliphatic hydroxyl groups excluding tert-OH is 1. The average Bonchev–Trinajstić information content (AvgIpc) is 2.53. The molecule has 2 rings (SSSR count). The molecule has 1 amide bonds. The third-order valence-electron chi connectivity index (χ3n) is 3.50. The molecule has 6 heteroatoms. The lowest BCUT2D eigenvalue weighted by Gasteiger charge is -2.21. The van der Waals surface area contributed by atoms with E-state index in [2.05, 4.69) is 16.9 Å². The van der Waals surface area contributed by atoms with Crippen LogP contribution in [0, 0.1) is 0 Å². The lowest BCUT2D eigenvalue weighted by atomic mass is 10.2. The summed E-state index contributed by atoms with van der Waals surface area (Å²) in [5.41, 5.74) is 0.165. The standard InChI is InChI=1S/C16H21N3O3/c1-2-3-6-9-19(10-11-20)16(22)14-17-13-8-5-4-7-12(13)15(21)18-14/h4-5,7-8,20H,2-3,6,9-11H2,1H3,(H,17,18,21). The van der Waals surface area contributed by atoms with Crippen molar-refractivity contribution in [1.82, 2.24) is 14.9 Å². The molecule has 118 valence electrons. The van der Waals surface area contributed by atoms with Crippen LogP contribution >= 0.6 is 0 Å². The van der Waals surface area contributed by atoms with Gasteiger partial charge in [0.2, 0.25) is 0 Å². The van der Waals surface area contributed by atoms with E-state index in [0.29, 0.717) is 17.4 Å². The highest BCUT2D eigenvalue weighted by Gasteiger charge is 2.18. The van der Waals surface area contributed by atoms with Gasteiger partial charge in [0.05, 0.1) is 17.5 Å². The van der Waals surface area contributed by atoms with Crippen molar-refractivity contribution in [2.75, 3.05) is 19.7 Å². The second-order valence-electron chi connectivity index (χ2n) is 5.15. The van der Waals surface area contributed by atoms with Crippen molar-refractivity contribution < 1.29 is 9.90 Å². The normalized spacial score (nSPS) is 10.8. The van der Waals surface area contributed by atoms with Crippen molar-refractivity contribution in [1.29, 1.82) is 0 Å². The van der Waals surface area contributed by atoms with Gasteiger partial charge in [-0.3, -0.25) is 9.59 Å². The van der Waals surface area contributed by atoms with Gasteiger partial charge in [0.25, 0.3) is 11.5 Å². The summed E-state index contributed by atoms with van der Waals surface area (Å²) in [7, 11) is 0. The molecule has 0 saturated carbocycles. The molecule has 22 heavy (non-hydrogen) atoms. The Morgan fingerprint density at radius 3 is 2.77 bits per heavy atom. The number of hydrogen-bond donors (Lipinski definition) is 2. The van der Waals surface area contributed by atoms with Gasteiger partial charge in [-0.1, -0.05) is 31.9 Å². The third kappa shape index (κ3) is 3.71. The molecule has 6 nitrogen and oxygen atoms in total. The zero-order valence-corrected chi connectivity index (χ0v) is 12.7. The first-order chi connectivity index (χ1) is 10.7. The Kier molecular flexibility index (Phi) is 5.66. The highest BCUT2D eigenvalue weighted by atomic mass is 16.3. The number of hydrogen-bond acceptors (Lipinski definition) is 4. The molecule has 0 aliphatic carbocycles. The topological polar surface area (TPSA) is 86.3 Å². The van der Waals surface area contributed by atoms with E-state index < -0.39 is 0 Å². The summed E-state index contributed by atoms with van der Waals surface area (Å²) >= 11 is 0. The maximum Gasteiger partial charge on any atom is 0.289 e. The number of para-hydroxylation sites is 1. The van der Waals surface area contributed by atoms with Crippen LogP contribution < -0.4 is 5.56 Å². The molecule has 1 aromatic carbocycles. The molecule has 0 aliphatic heterocycles. The van der Waals surface area contributed by atoms with Crippen molar-refractivity contribution in [3.05, 3.63) is 40.4 Å². The number of carbonyl (C=O) groups excluding carboxylic acids is 1. The van der Waals surface area contributed by atoms with Crippen molar-refractivity contribution >= 4 is 16.8 Å². The molecule has 2 aromatic rings. The summed E-state index contributed by atoms with van der Waals surface area (Å²) < 4.78 is 0. The number of amides is 1. The fourth-order valence-electron chi connectivity index (χ4n) is 2.33. The largest absolute Gasteiger partial charge is 0.395 e. The molecule has 0 saturated heterocycles. The van der Waals surface area contributed by atoms with Crippen LogP contribution in [0.1, 0.15) is 36.8 Å². The summed E-state index contributed by atoms with van der Waals surface area (Å²) in [6.45, 7) is 2.75. The summed E-state index contributed by atoms with van der Waals surface area (Å²) in [6.07, 6.45) is 2.92. The first-order valence-electron chi connectivity index (χ1n) is 7.56. The minimum atomic E-state index is -0.354. The van der Waals surface area contributed by atoms with Gasteiger partial charge in [0.1, 0.15) is 0 Å². The van der Waals surface area contributed by atoms with Crippen LogP contribution in [0.25, 0.3) is 10.9 Å². The average molecular weight is 303 g/mol. The molecule has 0 radical (unpaired) electrons. The van der Waals surface area contributed by atoms with Crippen molar-refractivity contribution in [3.8, 4) is 0 Å². The fourth-order valence-corrected chi connectivity index (χ4v) is 2.33. The Morgan fingerprint density at radius 2 is 2.05 bits per heavy atom. The number of H-pyrrole nitrogens is 1. The van der Waals surface area contributed by atoms with Gasteiger partial charge in [-0.25, -0.2) is 4.98 Å². The van der Waals surface area contributed by atoms with Gasteiger partial charge in [0.15, 0.2) is 5.82 Å². The van der Waals surface area contributed by atoms with E-state index in [0.717, 1.165) is 19.3 Å². The summed E-state index contributed by atoms with van der Waals surface area (Å²) in [5.74, 6) is -0.332. The minimum Gasteiger partial charge on any atom is -0.395 e. The van der Waals surface area contributed by atoms with Gasteiger partial charge in [-0.05, 0) is 18.6 Å².